The summed E-state index contributed by atoms with van der Waals surface area (Å²) < 4.78 is 6.01. The molecule has 0 saturated carbocycles. The van der Waals surface area contributed by atoms with Crippen LogP contribution in [0.25, 0.3) is 0 Å². The molecule has 1 N–H and O–H groups in total. The second-order valence-corrected chi connectivity index (χ2v) is 7.92. The van der Waals surface area contributed by atoms with Crippen LogP contribution in [0, 0.1) is 12.8 Å². The lowest BCUT2D eigenvalue weighted by molar-refractivity contribution is 0.0662. The number of nitrogens with zero attached hydrogens (tertiary/aromatic N) is 3. The fourth-order valence-electron chi connectivity index (χ4n) is 4.02. The number of aromatic nitrogens is 1. The van der Waals surface area contributed by atoms with E-state index < -0.39 is 0 Å². The molecule has 2 amide bonds. The Balaban J connectivity index is 1.56. The van der Waals surface area contributed by atoms with Crippen molar-refractivity contribution in [3.8, 4) is 0 Å². The van der Waals surface area contributed by atoms with Crippen molar-refractivity contribution in [3.05, 3.63) is 52.7 Å². The molecule has 1 saturated heterocycles. The highest BCUT2D eigenvalue weighted by atomic mass is 16.4. The van der Waals surface area contributed by atoms with Crippen molar-refractivity contribution in [1.29, 1.82) is 0 Å². The first-order valence-electron chi connectivity index (χ1n) is 10.2. The van der Waals surface area contributed by atoms with Gasteiger partial charge in [0, 0.05) is 43.0 Å². The number of likely N-dealkylation sites (tertiary alicyclic amines) is 1. The Morgan fingerprint density at radius 3 is 2.79 bits per heavy atom. The number of aryl methyl sites for hydroxylation is 1. The smallest absolute Gasteiger partial charge is 0.289 e. The summed E-state index contributed by atoms with van der Waals surface area (Å²) in [4.78, 5) is 31.1. The summed E-state index contributed by atoms with van der Waals surface area (Å²) in [5.74, 6) is 1.52. The number of fused-ring (bicyclic) bond motifs is 1. The van der Waals surface area contributed by atoms with Gasteiger partial charge in [0.25, 0.3) is 11.8 Å². The van der Waals surface area contributed by atoms with Crippen molar-refractivity contribution in [2.45, 2.75) is 46.0 Å². The van der Waals surface area contributed by atoms with Gasteiger partial charge in [-0.05, 0) is 50.7 Å². The van der Waals surface area contributed by atoms with Crippen LogP contribution in [0.2, 0.25) is 0 Å². The Morgan fingerprint density at radius 2 is 2.07 bits per heavy atom. The molecular weight excluding hydrogens is 368 g/mol. The fraction of sp³-hybridized carbons (Fsp3) is 0.455. The quantitative estimate of drug-likeness (QED) is 0.809. The van der Waals surface area contributed by atoms with E-state index in [1.807, 2.05) is 11.8 Å². The van der Waals surface area contributed by atoms with Crippen LogP contribution in [0.1, 0.15) is 70.4 Å². The predicted molar refractivity (Wildman–Crippen MR) is 109 cm³/mol. The lowest BCUT2D eigenvalue weighted by Crippen LogP contribution is -2.38. The van der Waals surface area contributed by atoms with E-state index in [4.69, 9.17) is 4.42 Å². The molecule has 3 heterocycles. The number of amides is 2. The third-order valence-electron chi connectivity index (χ3n) is 5.81. The van der Waals surface area contributed by atoms with E-state index in [9.17, 15) is 9.59 Å². The van der Waals surface area contributed by atoms with E-state index in [0.717, 1.165) is 67.8 Å². The molecule has 7 heteroatoms. The van der Waals surface area contributed by atoms with Gasteiger partial charge in [-0.3, -0.25) is 14.6 Å². The molecule has 0 spiro atoms. The number of hydrazone groups is 1. The Bertz CT molecular complexity index is 940. The molecule has 2 aromatic heterocycles. The second kappa shape index (κ2) is 8.19. The summed E-state index contributed by atoms with van der Waals surface area (Å²) in [5, 5.41) is 4.36. The zero-order valence-electron chi connectivity index (χ0n) is 16.9. The summed E-state index contributed by atoms with van der Waals surface area (Å²) in [5.41, 5.74) is 5.52. The fourth-order valence-corrected chi connectivity index (χ4v) is 4.02. The molecule has 29 heavy (non-hydrogen) atoms. The number of furan rings is 1. The predicted octanol–water partition coefficient (Wildman–Crippen LogP) is 3.33. The van der Waals surface area contributed by atoms with Crippen molar-refractivity contribution in [1.82, 2.24) is 15.3 Å². The maximum atomic E-state index is 13.0. The number of hydrogen-bond acceptors (Lipinski definition) is 5. The van der Waals surface area contributed by atoms with Crippen LogP contribution >= 0.6 is 0 Å². The monoisotopic (exact) mass is 394 g/mol. The Hall–Kier alpha value is -2.96. The maximum absolute atomic E-state index is 13.0. The van der Waals surface area contributed by atoms with Crippen LogP contribution in [0.5, 0.6) is 0 Å². The van der Waals surface area contributed by atoms with Gasteiger partial charge >= 0.3 is 0 Å². The molecule has 0 radical (unpaired) electrons. The van der Waals surface area contributed by atoms with Crippen LogP contribution in [-0.2, 0) is 6.42 Å². The van der Waals surface area contributed by atoms with Crippen LogP contribution in [0.3, 0.4) is 0 Å². The lowest BCUT2D eigenvalue weighted by atomic mass is 9.93. The van der Waals surface area contributed by atoms with Gasteiger partial charge in [0.1, 0.15) is 5.76 Å². The number of carbonyl (C=O) groups is 2. The highest BCUT2D eigenvalue weighted by Gasteiger charge is 2.31. The first-order chi connectivity index (χ1) is 14.0. The Morgan fingerprint density at radius 1 is 1.28 bits per heavy atom. The molecule has 0 unspecified atom stereocenters. The van der Waals surface area contributed by atoms with Gasteiger partial charge in [0.15, 0.2) is 5.76 Å². The summed E-state index contributed by atoms with van der Waals surface area (Å²) >= 11 is 0. The highest BCUT2D eigenvalue weighted by Crippen LogP contribution is 2.31. The van der Waals surface area contributed by atoms with E-state index in [-0.39, 0.29) is 11.8 Å². The zero-order valence-corrected chi connectivity index (χ0v) is 16.9. The molecule has 152 valence electrons. The minimum Gasteiger partial charge on any atom is -0.455 e. The van der Waals surface area contributed by atoms with Crippen molar-refractivity contribution in [2.24, 2.45) is 11.0 Å². The maximum Gasteiger partial charge on any atom is 0.289 e. The van der Waals surface area contributed by atoms with Crippen LogP contribution < -0.4 is 5.43 Å². The van der Waals surface area contributed by atoms with Crippen molar-refractivity contribution in [3.63, 3.8) is 0 Å². The van der Waals surface area contributed by atoms with Crippen molar-refractivity contribution in [2.75, 3.05) is 13.1 Å². The first kappa shape index (κ1) is 19.4. The minimum absolute atomic E-state index is 0.0393. The SMILES string of the molecule is Cc1c(C(=O)N2CCC(C)CC2)oc2c1/C(=N/NC(=O)c1cccnc1)CCC2. The van der Waals surface area contributed by atoms with Crippen LogP contribution in [0.15, 0.2) is 34.0 Å². The van der Waals surface area contributed by atoms with Gasteiger partial charge in [0.2, 0.25) is 0 Å². The van der Waals surface area contributed by atoms with Gasteiger partial charge in [-0.15, -0.1) is 0 Å². The molecule has 4 rings (SSSR count). The molecule has 2 aromatic rings. The van der Waals surface area contributed by atoms with Gasteiger partial charge < -0.3 is 9.32 Å². The molecule has 1 aliphatic heterocycles. The molecular formula is C22H26N4O3. The Labute approximate surface area is 170 Å². The van der Waals surface area contributed by atoms with Crippen LogP contribution in [-0.4, -0.2) is 40.5 Å². The zero-order chi connectivity index (χ0) is 20.4. The molecule has 2 aliphatic rings. The van der Waals surface area contributed by atoms with Crippen molar-refractivity contribution < 1.29 is 14.0 Å². The summed E-state index contributed by atoms with van der Waals surface area (Å²) in [6.45, 7) is 5.67. The lowest BCUT2D eigenvalue weighted by Gasteiger charge is -2.29. The summed E-state index contributed by atoms with van der Waals surface area (Å²) in [6.07, 6.45) is 7.55. The van der Waals surface area contributed by atoms with Crippen molar-refractivity contribution >= 4 is 17.5 Å². The number of rotatable bonds is 3. The second-order valence-electron chi connectivity index (χ2n) is 7.92. The summed E-state index contributed by atoms with van der Waals surface area (Å²) in [6, 6.07) is 3.40. The largest absolute Gasteiger partial charge is 0.455 e. The van der Waals surface area contributed by atoms with E-state index in [2.05, 4.69) is 22.4 Å². The van der Waals surface area contributed by atoms with Gasteiger partial charge in [-0.25, -0.2) is 5.43 Å². The highest BCUT2D eigenvalue weighted by molar-refractivity contribution is 6.07. The van der Waals surface area contributed by atoms with E-state index in [0.29, 0.717) is 17.2 Å². The minimum atomic E-state index is -0.308. The van der Waals surface area contributed by atoms with E-state index in [1.165, 1.54) is 6.20 Å². The molecule has 0 aromatic carbocycles. The average molecular weight is 394 g/mol. The first-order valence-corrected chi connectivity index (χ1v) is 10.2. The van der Waals surface area contributed by atoms with E-state index in [1.54, 1.807) is 18.3 Å². The topological polar surface area (TPSA) is 87.8 Å². The van der Waals surface area contributed by atoms with E-state index >= 15 is 0 Å². The van der Waals surface area contributed by atoms with Gasteiger partial charge in [-0.2, -0.15) is 5.10 Å². The number of piperidine rings is 1. The van der Waals surface area contributed by atoms with Crippen LogP contribution in [0.4, 0.5) is 0 Å². The molecule has 0 atom stereocenters. The average Bonchev–Trinajstić information content (AvgIpc) is 3.10. The third-order valence-corrected chi connectivity index (χ3v) is 5.81. The molecule has 7 nitrogen and oxygen atoms in total. The van der Waals surface area contributed by atoms with Gasteiger partial charge in [-0.1, -0.05) is 6.92 Å². The molecule has 1 aliphatic carbocycles. The van der Waals surface area contributed by atoms with Gasteiger partial charge in [0.05, 0.1) is 11.3 Å². The summed E-state index contributed by atoms with van der Waals surface area (Å²) in [7, 11) is 0. The standard InChI is InChI=1S/C22H26N4O3/c1-14-8-11-26(12-9-14)22(28)20-15(2)19-17(6-3-7-18(19)29-20)24-25-21(27)16-5-4-10-23-13-16/h4-5,10,13-14H,3,6-9,11-12H2,1-2H3,(H,25,27)/b24-17+. The molecule has 1 fully saturated rings. The Kier molecular flexibility index (Phi) is 5.47. The molecule has 0 bridgehead atoms. The number of carbonyl (C=O) groups excluding carboxylic acids is 2. The number of hydrogen-bond donors (Lipinski definition) is 1. The normalized spacial score (nSPS) is 18.6. The number of pyridine rings is 1. The number of nitrogens with one attached hydrogen (secondary N) is 1. The third kappa shape index (κ3) is 3.95.